The molecular formula is C14H26N4O6S. The summed E-state index contributed by atoms with van der Waals surface area (Å²) in [5, 5.41) is 24.8. The van der Waals surface area contributed by atoms with E-state index in [4.69, 9.17) is 10.8 Å². The number of aliphatic hydroxyl groups excluding tert-OH is 1. The first-order chi connectivity index (χ1) is 11.6. The number of aliphatic hydroxyl groups is 1. The summed E-state index contributed by atoms with van der Waals surface area (Å²) >= 11 is 1.52. The molecule has 11 heteroatoms. The van der Waals surface area contributed by atoms with Crippen LogP contribution in [0.15, 0.2) is 0 Å². The molecule has 144 valence electrons. The standard InChI is InChI=1S/C14H26N4O6S/c1-7(11(20)17-8(2)14(23)24)16-13(22)10(6-19)18-12(21)9(15)4-5-25-3/h7-10,19H,4-6,15H2,1-3H3,(H,16,22)(H,17,20)(H,18,21)(H,23,24). The van der Waals surface area contributed by atoms with Crippen LogP contribution in [-0.4, -0.2) is 76.7 Å². The van der Waals surface area contributed by atoms with Crippen molar-refractivity contribution < 1.29 is 29.4 Å². The largest absolute Gasteiger partial charge is 0.480 e. The summed E-state index contributed by atoms with van der Waals surface area (Å²) in [5.74, 6) is -2.61. The zero-order valence-corrected chi connectivity index (χ0v) is 15.3. The minimum absolute atomic E-state index is 0.415. The van der Waals surface area contributed by atoms with E-state index in [9.17, 15) is 24.3 Å². The molecule has 0 heterocycles. The second-order valence-corrected chi connectivity index (χ2v) is 6.42. The van der Waals surface area contributed by atoms with Crippen LogP contribution in [0.4, 0.5) is 0 Å². The van der Waals surface area contributed by atoms with Crippen LogP contribution in [0.3, 0.4) is 0 Å². The highest BCUT2D eigenvalue weighted by Crippen LogP contribution is 1.99. The fraction of sp³-hybridized carbons (Fsp3) is 0.714. The van der Waals surface area contributed by atoms with Crippen LogP contribution in [0.25, 0.3) is 0 Å². The molecule has 0 aromatic carbocycles. The van der Waals surface area contributed by atoms with E-state index in [1.807, 2.05) is 6.26 Å². The minimum Gasteiger partial charge on any atom is -0.480 e. The Hall–Kier alpha value is -1.85. The first-order valence-corrected chi connectivity index (χ1v) is 9.02. The third kappa shape index (κ3) is 8.70. The van der Waals surface area contributed by atoms with E-state index in [1.165, 1.54) is 25.6 Å². The lowest BCUT2D eigenvalue weighted by atomic mass is 10.2. The molecule has 0 aliphatic rings. The summed E-state index contributed by atoms with van der Waals surface area (Å²) in [6.45, 7) is 1.95. The number of carbonyl (C=O) groups excluding carboxylic acids is 3. The molecule has 0 fully saturated rings. The van der Waals surface area contributed by atoms with E-state index in [0.29, 0.717) is 12.2 Å². The van der Waals surface area contributed by atoms with Gasteiger partial charge in [-0.2, -0.15) is 11.8 Å². The van der Waals surface area contributed by atoms with Crippen LogP contribution in [0.1, 0.15) is 20.3 Å². The van der Waals surface area contributed by atoms with E-state index in [0.717, 1.165) is 0 Å². The van der Waals surface area contributed by atoms with Gasteiger partial charge >= 0.3 is 5.97 Å². The number of hydrogen-bond donors (Lipinski definition) is 6. The number of nitrogens with two attached hydrogens (primary N) is 1. The van der Waals surface area contributed by atoms with Gasteiger partial charge in [0.15, 0.2) is 0 Å². The maximum atomic E-state index is 12.1. The predicted molar refractivity (Wildman–Crippen MR) is 92.8 cm³/mol. The summed E-state index contributed by atoms with van der Waals surface area (Å²) in [4.78, 5) is 46.4. The van der Waals surface area contributed by atoms with Gasteiger partial charge in [0.2, 0.25) is 17.7 Å². The average Bonchev–Trinajstić information content (AvgIpc) is 2.56. The third-order valence-corrected chi connectivity index (χ3v) is 3.91. The van der Waals surface area contributed by atoms with Crippen molar-refractivity contribution in [3.63, 3.8) is 0 Å². The molecule has 4 atom stereocenters. The molecule has 0 saturated heterocycles. The Morgan fingerprint density at radius 2 is 1.56 bits per heavy atom. The number of thioether (sulfide) groups is 1. The van der Waals surface area contributed by atoms with Crippen molar-refractivity contribution in [1.82, 2.24) is 16.0 Å². The van der Waals surface area contributed by atoms with Gasteiger partial charge in [0.05, 0.1) is 12.6 Å². The minimum atomic E-state index is -1.26. The van der Waals surface area contributed by atoms with Crippen molar-refractivity contribution in [3.8, 4) is 0 Å². The fourth-order valence-corrected chi connectivity index (χ4v) is 2.12. The molecule has 0 aromatic rings. The molecule has 0 spiro atoms. The first kappa shape index (κ1) is 23.1. The Labute approximate surface area is 150 Å². The van der Waals surface area contributed by atoms with E-state index in [2.05, 4.69) is 16.0 Å². The Bertz CT molecular complexity index is 490. The number of rotatable bonds is 11. The van der Waals surface area contributed by atoms with Crippen LogP contribution in [0, 0.1) is 0 Å². The van der Waals surface area contributed by atoms with Crippen LogP contribution < -0.4 is 21.7 Å². The van der Waals surface area contributed by atoms with E-state index in [-0.39, 0.29) is 0 Å². The number of amides is 3. The molecule has 4 unspecified atom stereocenters. The summed E-state index contributed by atoms with van der Waals surface area (Å²) in [6, 6.07) is -4.24. The summed E-state index contributed by atoms with van der Waals surface area (Å²) in [5.41, 5.74) is 5.68. The monoisotopic (exact) mass is 378 g/mol. The summed E-state index contributed by atoms with van der Waals surface area (Å²) in [6.07, 6.45) is 2.28. The zero-order valence-electron chi connectivity index (χ0n) is 14.4. The molecule has 7 N–H and O–H groups in total. The van der Waals surface area contributed by atoms with Crippen molar-refractivity contribution >= 4 is 35.5 Å². The molecule has 0 aliphatic carbocycles. The quantitative estimate of drug-likeness (QED) is 0.232. The molecule has 25 heavy (non-hydrogen) atoms. The Balaban J connectivity index is 4.59. The molecule has 0 radical (unpaired) electrons. The normalized spacial score (nSPS) is 15.4. The zero-order chi connectivity index (χ0) is 19.6. The average molecular weight is 378 g/mol. The molecule has 0 aromatic heterocycles. The van der Waals surface area contributed by atoms with E-state index < -0.39 is 54.5 Å². The molecular weight excluding hydrogens is 352 g/mol. The van der Waals surface area contributed by atoms with Gasteiger partial charge in [0.1, 0.15) is 18.1 Å². The van der Waals surface area contributed by atoms with Gasteiger partial charge in [-0.05, 0) is 32.3 Å². The third-order valence-electron chi connectivity index (χ3n) is 3.27. The number of carboxylic acids is 1. The summed E-state index contributed by atoms with van der Waals surface area (Å²) in [7, 11) is 0. The Kier molecular flexibility index (Phi) is 10.8. The fourth-order valence-electron chi connectivity index (χ4n) is 1.63. The highest BCUT2D eigenvalue weighted by molar-refractivity contribution is 7.98. The van der Waals surface area contributed by atoms with Crippen LogP contribution >= 0.6 is 11.8 Å². The van der Waals surface area contributed by atoms with Crippen LogP contribution in [-0.2, 0) is 19.2 Å². The molecule has 10 nitrogen and oxygen atoms in total. The van der Waals surface area contributed by atoms with Gasteiger partial charge in [-0.1, -0.05) is 0 Å². The number of carboxylic acid groups (broad SMARTS) is 1. The first-order valence-electron chi connectivity index (χ1n) is 7.63. The smallest absolute Gasteiger partial charge is 0.325 e. The topological polar surface area (TPSA) is 171 Å². The van der Waals surface area contributed by atoms with E-state index >= 15 is 0 Å². The van der Waals surface area contributed by atoms with Crippen molar-refractivity contribution in [2.75, 3.05) is 18.6 Å². The second kappa shape index (κ2) is 11.7. The Morgan fingerprint density at radius 1 is 1.00 bits per heavy atom. The Morgan fingerprint density at radius 3 is 2.04 bits per heavy atom. The van der Waals surface area contributed by atoms with Crippen LogP contribution in [0.5, 0.6) is 0 Å². The summed E-state index contributed by atoms with van der Waals surface area (Å²) < 4.78 is 0. The van der Waals surface area contributed by atoms with Gasteiger partial charge in [-0.3, -0.25) is 19.2 Å². The van der Waals surface area contributed by atoms with Crippen molar-refractivity contribution in [2.24, 2.45) is 5.73 Å². The van der Waals surface area contributed by atoms with Gasteiger partial charge in [-0.15, -0.1) is 0 Å². The van der Waals surface area contributed by atoms with E-state index in [1.54, 1.807) is 0 Å². The molecule has 0 bridgehead atoms. The molecule has 0 aliphatic heterocycles. The SMILES string of the molecule is CSCCC(N)C(=O)NC(CO)C(=O)NC(C)C(=O)NC(C)C(=O)O. The van der Waals surface area contributed by atoms with Crippen molar-refractivity contribution in [1.29, 1.82) is 0 Å². The predicted octanol–water partition coefficient (Wildman–Crippen LogP) is -2.36. The molecule has 0 saturated carbocycles. The highest BCUT2D eigenvalue weighted by atomic mass is 32.2. The number of carbonyl (C=O) groups is 4. The van der Waals surface area contributed by atoms with Gasteiger partial charge in [0.25, 0.3) is 0 Å². The van der Waals surface area contributed by atoms with Gasteiger partial charge < -0.3 is 31.9 Å². The maximum absolute atomic E-state index is 12.1. The molecule has 0 rings (SSSR count). The van der Waals surface area contributed by atoms with Crippen LogP contribution in [0.2, 0.25) is 0 Å². The number of nitrogens with one attached hydrogen (secondary N) is 3. The number of aliphatic carboxylic acids is 1. The lowest BCUT2D eigenvalue weighted by molar-refractivity contribution is -0.141. The highest BCUT2D eigenvalue weighted by Gasteiger charge is 2.26. The maximum Gasteiger partial charge on any atom is 0.325 e. The lowest BCUT2D eigenvalue weighted by Gasteiger charge is -2.21. The van der Waals surface area contributed by atoms with Gasteiger partial charge in [-0.25, -0.2) is 0 Å². The lowest BCUT2D eigenvalue weighted by Crippen LogP contribution is -2.57. The molecule has 3 amide bonds. The van der Waals surface area contributed by atoms with Gasteiger partial charge in [0, 0.05) is 0 Å². The number of hydrogen-bond acceptors (Lipinski definition) is 7. The van der Waals surface area contributed by atoms with Crippen molar-refractivity contribution in [2.45, 2.75) is 44.4 Å². The second-order valence-electron chi connectivity index (χ2n) is 5.43. The van der Waals surface area contributed by atoms with Crippen molar-refractivity contribution in [3.05, 3.63) is 0 Å².